The van der Waals surface area contributed by atoms with Crippen LogP contribution in [0.3, 0.4) is 0 Å². The van der Waals surface area contributed by atoms with Gasteiger partial charge in [0.25, 0.3) is 0 Å². The highest BCUT2D eigenvalue weighted by Gasteiger charge is 2.13. The lowest BCUT2D eigenvalue weighted by Gasteiger charge is -2.18. The summed E-state index contributed by atoms with van der Waals surface area (Å²) in [7, 11) is 0. The molecule has 0 spiro atoms. The van der Waals surface area contributed by atoms with Gasteiger partial charge >= 0.3 is 0 Å². The highest BCUT2D eigenvalue weighted by Crippen LogP contribution is 2.21. The van der Waals surface area contributed by atoms with E-state index in [2.05, 4.69) is 40.2 Å². The zero-order valence-corrected chi connectivity index (χ0v) is 10.8. The van der Waals surface area contributed by atoms with Crippen LogP contribution in [0.25, 0.3) is 0 Å². The van der Waals surface area contributed by atoms with Crippen LogP contribution >= 0.6 is 15.9 Å². The van der Waals surface area contributed by atoms with Crippen molar-refractivity contribution in [3.05, 3.63) is 28.5 Å². The first kappa shape index (κ1) is 12.6. The Labute approximate surface area is 99.6 Å². The summed E-state index contributed by atoms with van der Waals surface area (Å²) in [5, 5.41) is 0. The van der Waals surface area contributed by atoms with Crippen LogP contribution in [0.1, 0.15) is 38.4 Å². The van der Waals surface area contributed by atoms with Crippen molar-refractivity contribution in [1.29, 1.82) is 0 Å². The second-order valence-corrected chi connectivity index (χ2v) is 4.79. The molecule has 1 aromatic rings. The lowest BCUT2D eigenvalue weighted by atomic mass is 9.97. The van der Waals surface area contributed by atoms with Gasteiger partial charge in [-0.05, 0) is 40.4 Å². The number of hydrazine groups is 1. The molecule has 4 heteroatoms. The van der Waals surface area contributed by atoms with Crippen molar-refractivity contribution in [3.63, 3.8) is 0 Å². The smallest absolute Gasteiger partial charge is 0.0634 e. The van der Waals surface area contributed by atoms with E-state index in [9.17, 15) is 0 Å². The fourth-order valence-electron chi connectivity index (χ4n) is 1.44. The first-order valence-corrected chi connectivity index (χ1v) is 6.04. The minimum atomic E-state index is 0.146. The monoisotopic (exact) mass is 271 g/mol. The zero-order chi connectivity index (χ0) is 11.3. The number of nitrogens with zero attached hydrogens (tertiary/aromatic N) is 1. The van der Waals surface area contributed by atoms with Gasteiger partial charge in [-0.25, -0.2) is 0 Å². The van der Waals surface area contributed by atoms with Crippen LogP contribution in [-0.2, 0) is 0 Å². The zero-order valence-electron chi connectivity index (χ0n) is 9.20. The molecule has 84 valence electrons. The topological polar surface area (TPSA) is 50.9 Å². The van der Waals surface area contributed by atoms with E-state index in [0.717, 1.165) is 23.0 Å². The van der Waals surface area contributed by atoms with Crippen molar-refractivity contribution in [2.75, 3.05) is 0 Å². The summed E-state index contributed by atoms with van der Waals surface area (Å²) >= 11 is 3.37. The molecule has 1 rings (SSSR count). The third kappa shape index (κ3) is 3.89. The molecule has 0 aromatic carbocycles. The van der Waals surface area contributed by atoms with Crippen LogP contribution < -0.4 is 11.3 Å². The molecule has 3 N–H and O–H groups in total. The number of nitrogens with one attached hydrogen (secondary N) is 1. The summed E-state index contributed by atoms with van der Waals surface area (Å²) in [5.41, 5.74) is 3.83. The molecular weight excluding hydrogens is 254 g/mol. The van der Waals surface area contributed by atoms with Crippen molar-refractivity contribution in [2.45, 2.75) is 32.7 Å². The molecule has 0 amide bonds. The Hall–Kier alpha value is -0.450. The Morgan fingerprint density at radius 3 is 2.73 bits per heavy atom. The van der Waals surface area contributed by atoms with Gasteiger partial charge in [0.15, 0.2) is 0 Å². The average molecular weight is 272 g/mol. The quantitative estimate of drug-likeness (QED) is 0.640. The van der Waals surface area contributed by atoms with Crippen LogP contribution in [0.4, 0.5) is 0 Å². The average Bonchev–Trinajstić information content (AvgIpc) is 2.27. The number of halogens is 1. The Balaban J connectivity index is 2.69. The Kier molecular flexibility index (Phi) is 5.22. The number of nitrogens with two attached hydrogens (primary N) is 1. The number of hydrogen-bond donors (Lipinski definition) is 2. The second kappa shape index (κ2) is 6.20. The maximum Gasteiger partial charge on any atom is 0.0634 e. The van der Waals surface area contributed by atoms with Crippen molar-refractivity contribution in [3.8, 4) is 0 Å². The van der Waals surface area contributed by atoms with Gasteiger partial charge < -0.3 is 0 Å². The molecule has 3 nitrogen and oxygen atoms in total. The van der Waals surface area contributed by atoms with Gasteiger partial charge in [0.1, 0.15) is 0 Å². The van der Waals surface area contributed by atoms with E-state index < -0.39 is 0 Å². The van der Waals surface area contributed by atoms with E-state index in [4.69, 9.17) is 5.84 Å². The largest absolute Gasteiger partial charge is 0.271 e. The Morgan fingerprint density at radius 1 is 1.53 bits per heavy atom. The van der Waals surface area contributed by atoms with Crippen LogP contribution in [0.5, 0.6) is 0 Å². The number of pyridine rings is 1. The van der Waals surface area contributed by atoms with Gasteiger partial charge in [0.05, 0.1) is 11.7 Å². The molecule has 0 saturated carbocycles. The predicted molar refractivity (Wildman–Crippen MR) is 66.1 cm³/mol. The standard InChI is InChI=1S/C11H18BrN3/c1-3-8(2)6-11(15-13)10-5-4-9(12)7-14-10/h4-5,7-8,11,15H,3,6,13H2,1-2H3. The van der Waals surface area contributed by atoms with Gasteiger partial charge in [-0.1, -0.05) is 20.3 Å². The third-order valence-electron chi connectivity index (χ3n) is 2.64. The first-order chi connectivity index (χ1) is 7.17. The summed E-state index contributed by atoms with van der Waals surface area (Å²) in [4.78, 5) is 4.35. The van der Waals surface area contributed by atoms with Crippen LogP contribution in [-0.4, -0.2) is 4.98 Å². The number of hydrogen-bond acceptors (Lipinski definition) is 3. The van der Waals surface area contributed by atoms with Crippen molar-refractivity contribution in [2.24, 2.45) is 11.8 Å². The molecule has 2 atom stereocenters. The second-order valence-electron chi connectivity index (χ2n) is 3.87. The Morgan fingerprint density at radius 2 is 2.27 bits per heavy atom. The van der Waals surface area contributed by atoms with Crippen LogP contribution in [0.15, 0.2) is 22.8 Å². The van der Waals surface area contributed by atoms with Gasteiger partial charge in [0, 0.05) is 10.7 Å². The molecule has 0 fully saturated rings. The highest BCUT2D eigenvalue weighted by atomic mass is 79.9. The van der Waals surface area contributed by atoms with Crippen molar-refractivity contribution < 1.29 is 0 Å². The highest BCUT2D eigenvalue weighted by molar-refractivity contribution is 9.10. The summed E-state index contributed by atoms with van der Waals surface area (Å²) in [6.07, 6.45) is 3.98. The van der Waals surface area contributed by atoms with E-state index in [0.29, 0.717) is 5.92 Å². The van der Waals surface area contributed by atoms with Crippen LogP contribution in [0.2, 0.25) is 0 Å². The van der Waals surface area contributed by atoms with E-state index in [-0.39, 0.29) is 6.04 Å². The maximum absolute atomic E-state index is 5.54. The number of rotatable bonds is 5. The predicted octanol–water partition coefficient (Wildman–Crippen LogP) is 2.78. The molecule has 0 saturated heterocycles. The lowest BCUT2D eigenvalue weighted by Crippen LogP contribution is -2.29. The minimum Gasteiger partial charge on any atom is -0.271 e. The maximum atomic E-state index is 5.54. The molecule has 0 radical (unpaired) electrons. The third-order valence-corrected chi connectivity index (χ3v) is 3.11. The first-order valence-electron chi connectivity index (χ1n) is 5.25. The van der Waals surface area contributed by atoms with Crippen molar-refractivity contribution in [1.82, 2.24) is 10.4 Å². The molecule has 1 aromatic heterocycles. The minimum absolute atomic E-state index is 0.146. The van der Waals surface area contributed by atoms with E-state index >= 15 is 0 Å². The number of aromatic nitrogens is 1. The van der Waals surface area contributed by atoms with E-state index in [1.807, 2.05) is 12.1 Å². The molecule has 1 heterocycles. The lowest BCUT2D eigenvalue weighted by molar-refractivity contribution is 0.401. The van der Waals surface area contributed by atoms with E-state index in [1.54, 1.807) is 6.20 Å². The molecule has 15 heavy (non-hydrogen) atoms. The molecule has 0 bridgehead atoms. The van der Waals surface area contributed by atoms with Gasteiger partial charge in [-0.3, -0.25) is 16.3 Å². The van der Waals surface area contributed by atoms with Gasteiger partial charge in [0.2, 0.25) is 0 Å². The summed E-state index contributed by atoms with van der Waals surface area (Å²) in [6.45, 7) is 4.41. The van der Waals surface area contributed by atoms with Crippen LogP contribution in [0, 0.1) is 5.92 Å². The van der Waals surface area contributed by atoms with Gasteiger partial charge in [-0.15, -0.1) is 0 Å². The fourth-order valence-corrected chi connectivity index (χ4v) is 1.67. The summed E-state index contributed by atoms with van der Waals surface area (Å²) in [6, 6.07) is 4.13. The Bertz CT molecular complexity index is 286. The van der Waals surface area contributed by atoms with Gasteiger partial charge in [-0.2, -0.15) is 0 Å². The summed E-state index contributed by atoms with van der Waals surface area (Å²) in [5.74, 6) is 6.19. The molecule has 2 unspecified atom stereocenters. The SMILES string of the molecule is CCC(C)CC(NN)c1ccc(Br)cn1. The van der Waals surface area contributed by atoms with E-state index in [1.165, 1.54) is 0 Å². The summed E-state index contributed by atoms with van der Waals surface area (Å²) < 4.78 is 0.991. The van der Waals surface area contributed by atoms with Crippen molar-refractivity contribution >= 4 is 15.9 Å². The fraction of sp³-hybridized carbons (Fsp3) is 0.545. The molecule has 0 aliphatic carbocycles. The molecule has 0 aliphatic rings. The molecule has 0 aliphatic heterocycles. The normalized spacial score (nSPS) is 14.9. The molecular formula is C11H18BrN3.